The van der Waals surface area contributed by atoms with Crippen LogP contribution < -0.4 is 15.7 Å². The first-order chi connectivity index (χ1) is 16.0. The third kappa shape index (κ3) is 4.92. The number of benzene rings is 2. The molecule has 172 valence electrons. The highest BCUT2D eigenvalue weighted by molar-refractivity contribution is 5.88. The molecule has 1 aliphatic carbocycles. The van der Waals surface area contributed by atoms with Crippen molar-refractivity contribution in [2.45, 2.75) is 58.6 Å². The molecule has 0 radical (unpaired) electrons. The molecule has 0 fully saturated rings. The molecule has 1 heterocycles. The highest BCUT2D eigenvalue weighted by atomic mass is 16.6. The van der Waals surface area contributed by atoms with Crippen molar-refractivity contribution >= 4 is 23.0 Å². The van der Waals surface area contributed by atoms with E-state index in [1.54, 1.807) is 13.0 Å². The standard InChI is InChI=1S/C26H27NO6/c1-3-8-21(27-26(30)31-15-17-9-5-4-6-10-17)25(29)32-22-14-13-19-18-11-7-12-20(18)24(28)33-23(19)16(22)2/h4-6,9-10,13-14,21H,3,7-8,11-12,15H2,1-2H3,(H,27,30)/t21-/m0/s1. The Morgan fingerprint density at radius 2 is 1.85 bits per heavy atom. The number of alkyl carbamates (subject to hydrolysis) is 1. The number of carbonyl (C=O) groups is 2. The molecule has 1 N–H and O–H groups in total. The van der Waals surface area contributed by atoms with Crippen molar-refractivity contribution in [2.75, 3.05) is 0 Å². The molecule has 7 heteroatoms. The number of carbonyl (C=O) groups excluding carboxylic acids is 2. The van der Waals surface area contributed by atoms with Gasteiger partial charge in [0.15, 0.2) is 0 Å². The van der Waals surface area contributed by atoms with Crippen LogP contribution in [0.5, 0.6) is 5.75 Å². The molecule has 0 saturated heterocycles. The van der Waals surface area contributed by atoms with Crippen LogP contribution in [-0.2, 0) is 29.0 Å². The number of esters is 1. The number of ether oxygens (including phenoxy) is 2. The molecule has 2 aromatic carbocycles. The summed E-state index contributed by atoms with van der Waals surface area (Å²) in [5, 5.41) is 3.48. The van der Waals surface area contributed by atoms with Crippen LogP contribution in [0.3, 0.4) is 0 Å². The topological polar surface area (TPSA) is 94.8 Å². The monoisotopic (exact) mass is 449 g/mol. The molecule has 1 atom stereocenters. The van der Waals surface area contributed by atoms with Crippen LogP contribution in [-0.4, -0.2) is 18.1 Å². The third-order valence-corrected chi connectivity index (χ3v) is 5.92. The van der Waals surface area contributed by atoms with Crippen LogP contribution in [0.4, 0.5) is 4.79 Å². The summed E-state index contributed by atoms with van der Waals surface area (Å²) in [6.07, 6.45) is 2.87. The van der Waals surface area contributed by atoms with Gasteiger partial charge in [0, 0.05) is 16.5 Å². The van der Waals surface area contributed by atoms with E-state index in [2.05, 4.69) is 5.32 Å². The molecule has 1 amide bonds. The van der Waals surface area contributed by atoms with Gasteiger partial charge in [0.2, 0.25) is 0 Å². The molecule has 7 nitrogen and oxygen atoms in total. The number of hydrogen-bond acceptors (Lipinski definition) is 6. The van der Waals surface area contributed by atoms with Crippen molar-refractivity contribution in [3.63, 3.8) is 0 Å². The molecule has 0 bridgehead atoms. The first-order valence-electron chi connectivity index (χ1n) is 11.2. The fourth-order valence-corrected chi connectivity index (χ4v) is 4.20. The lowest BCUT2D eigenvalue weighted by Crippen LogP contribution is -2.43. The predicted octanol–water partition coefficient (Wildman–Crippen LogP) is 4.59. The minimum absolute atomic E-state index is 0.105. The van der Waals surface area contributed by atoms with Crippen LogP contribution in [0.25, 0.3) is 11.0 Å². The van der Waals surface area contributed by atoms with E-state index in [1.165, 1.54) is 0 Å². The van der Waals surface area contributed by atoms with Gasteiger partial charge >= 0.3 is 17.7 Å². The van der Waals surface area contributed by atoms with Crippen molar-refractivity contribution in [2.24, 2.45) is 0 Å². The quantitative estimate of drug-likeness (QED) is 0.322. The molecule has 0 saturated carbocycles. The lowest BCUT2D eigenvalue weighted by atomic mass is 10.0. The Morgan fingerprint density at radius 1 is 1.09 bits per heavy atom. The maximum absolute atomic E-state index is 12.9. The van der Waals surface area contributed by atoms with Crippen molar-refractivity contribution in [1.29, 1.82) is 0 Å². The second-order valence-corrected chi connectivity index (χ2v) is 8.23. The summed E-state index contributed by atoms with van der Waals surface area (Å²) in [5.74, 6) is -0.298. The fourth-order valence-electron chi connectivity index (χ4n) is 4.20. The number of fused-ring (bicyclic) bond motifs is 3. The normalized spacial score (nSPS) is 13.4. The van der Waals surface area contributed by atoms with Gasteiger partial charge in [-0.05, 0) is 55.9 Å². The maximum atomic E-state index is 12.9. The molecule has 1 aliphatic rings. The second-order valence-electron chi connectivity index (χ2n) is 8.23. The zero-order valence-electron chi connectivity index (χ0n) is 18.8. The molecule has 1 aromatic heterocycles. The Hall–Kier alpha value is -3.61. The van der Waals surface area contributed by atoms with E-state index in [9.17, 15) is 14.4 Å². The lowest BCUT2D eigenvalue weighted by Gasteiger charge is -2.18. The Morgan fingerprint density at radius 3 is 2.61 bits per heavy atom. The molecule has 0 spiro atoms. The Balaban J connectivity index is 1.48. The second kappa shape index (κ2) is 9.90. The summed E-state index contributed by atoms with van der Waals surface area (Å²) in [7, 11) is 0. The Kier molecular flexibility index (Phi) is 6.77. The smallest absolute Gasteiger partial charge is 0.408 e. The fraction of sp³-hybridized carbons (Fsp3) is 0.346. The van der Waals surface area contributed by atoms with Crippen LogP contribution in [0.15, 0.2) is 51.7 Å². The SMILES string of the molecule is CCC[C@H](NC(=O)OCc1ccccc1)C(=O)Oc1ccc2c3c(c(=O)oc2c1C)CCC3. The largest absolute Gasteiger partial charge is 0.445 e. The van der Waals surface area contributed by atoms with E-state index in [0.29, 0.717) is 29.7 Å². The van der Waals surface area contributed by atoms with Crippen LogP contribution in [0, 0.1) is 6.92 Å². The van der Waals surface area contributed by atoms with Gasteiger partial charge in [-0.25, -0.2) is 14.4 Å². The zero-order valence-corrected chi connectivity index (χ0v) is 18.8. The summed E-state index contributed by atoms with van der Waals surface area (Å²) >= 11 is 0. The number of rotatable bonds is 7. The maximum Gasteiger partial charge on any atom is 0.408 e. The van der Waals surface area contributed by atoms with E-state index in [-0.39, 0.29) is 12.2 Å². The van der Waals surface area contributed by atoms with E-state index >= 15 is 0 Å². The van der Waals surface area contributed by atoms with Crippen molar-refractivity contribution in [3.8, 4) is 5.75 Å². The number of hydrogen-bond donors (Lipinski definition) is 1. The van der Waals surface area contributed by atoms with Crippen LogP contribution in [0.1, 0.15) is 48.4 Å². The first-order valence-corrected chi connectivity index (χ1v) is 11.2. The summed E-state index contributed by atoms with van der Waals surface area (Å²) in [6.45, 7) is 3.77. The highest BCUT2D eigenvalue weighted by Crippen LogP contribution is 2.33. The first kappa shape index (κ1) is 22.6. The molecule has 0 aliphatic heterocycles. The van der Waals surface area contributed by atoms with E-state index in [1.807, 2.05) is 43.3 Å². The van der Waals surface area contributed by atoms with Crippen molar-refractivity contribution in [1.82, 2.24) is 5.32 Å². The lowest BCUT2D eigenvalue weighted by molar-refractivity contribution is -0.136. The van der Waals surface area contributed by atoms with E-state index in [4.69, 9.17) is 13.9 Å². The predicted molar refractivity (Wildman–Crippen MR) is 123 cm³/mol. The van der Waals surface area contributed by atoms with Crippen molar-refractivity contribution in [3.05, 3.63) is 75.1 Å². The minimum Gasteiger partial charge on any atom is -0.445 e. The van der Waals surface area contributed by atoms with Crippen LogP contribution in [0.2, 0.25) is 0 Å². The summed E-state index contributed by atoms with van der Waals surface area (Å²) in [5.41, 5.74) is 3.31. The van der Waals surface area contributed by atoms with Gasteiger partial charge in [-0.15, -0.1) is 0 Å². The van der Waals surface area contributed by atoms with Crippen LogP contribution >= 0.6 is 0 Å². The average Bonchev–Trinajstić information content (AvgIpc) is 3.31. The number of amides is 1. The molecular formula is C26H27NO6. The molecule has 0 unspecified atom stereocenters. The molecule has 3 aromatic rings. The van der Waals surface area contributed by atoms with Crippen molar-refractivity contribution < 1.29 is 23.5 Å². The van der Waals surface area contributed by atoms with Gasteiger partial charge in [0.05, 0.1) is 0 Å². The van der Waals surface area contributed by atoms with Gasteiger partial charge in [-0.1, -0.05) is 43.7 Å². The van der Waals surface area contributed by atoms with E-state index in [0.717, 1.165) is 41.3 Å². The third-order valence-electron chi connectivity index (χ3n) is 5.92. The zero-order chi connectivity index (χ0) is 23.4. The van der Waals surface area contributed by atoms with Gasteiger partial charge in [-0.2, -0.15) is 0 Å². The highest BCUT2D eigenvalue weighted by Gasteiger charge is 2.25. The average molecular weight is 450 g/mol. The number of nitrogens with one attached hydrogen (secondary N) is 1. The van der Waals surface area contributed by atoms with Gasteiger partial charge in [0.25, 0.3) is 0 Å². The van der Waals surface area contributed by atoms with Gasteiger partial charge < -0.3 is 19.2 Å². The van der Waals surface area contributed by atoms with Gasteiger partial charge in [0.1, 0.15) is 24.0 Å². The Bertz CT molecular complexity index is 1230. The van der Waals surface area contributed by atoms with E-state index < -0.39 is 18.1 Å². The minimum atomic E-state index is -0.861. The van der Waals surface area contributed by atoms with Gasteiger partial charge in [-0.3, -0.25) is 0 Å². The summed E-state index contributed by atoms with van der Waals surface area (Å²) in [4.78, 5) is 37.5. The molecular weight excluding hydrogens is 422 g/mol. The Labute approximate surface area is 191 Å². The summed E-state index contributed by atoms with van der Waals surface area (Å²) in [6, 6.07) is 12.0. The number of aryl methyl sites for hydroxylation is 2. The molecule has 33 heavy (non-hydrogen) atoms. The molecule has 4 rings (SSSR count). The summed E-state index contributed by atoms with van der Waals surface area (Å²) < 4.78 is 16.4.